The van der Waals surface area contributed by atoms with E-state index in [-0.39, 0.29) is 4.90 Å². The summed E-state index contributed by atoms with van der Waals surface area (Å²) in [5.74, 6) is 2.21. The van der Waals surface area contributed by atoms with Crippen LogP contribution >= 0.6 is 15.9 Å². The van der Waals surface area contributed by atoms with Crippen molar-refractivity contribution in [2.45, 2.75) is 11.8 Å². The zero-order valence-electron chi connectivity index (χ0n) is 16.9. The molecule has 1 fully saturated rings. The summed E-state index contributed by atoms with van der Waals surface area (Å²) in [5, 5.41) is 3.26. The van der Waals surface area contributed by atoms with Gasteiger partial charge in [-0.2, -0.15) is 0 Å². The van der Waals surface area contributed by atoms with Crippen molar-refractivity contribution >= 4 is 49.0 Å². The lowest BCUT2D eigenvalue weighted by Gasteiger charge is -2.28. The van der Waals surface area contributed by atoms with Crippen molar-refractivity contribution in [1.82, 2.24) is 9.97 Å². The topological polar surface area (TPSA) is 96.5 Å². The highest BCUT2D eigenvalue weighted by atomic mass is 79.9. The van der Waals surface area contributed by atoms with Gasteiger partial charge in [0.2, 0.25) is 0 Å². The van der Waals surface area contributed by atoms with Crippen molar-refractivity contribution in [3.8, 4) is 0 Å². The maximum Gasteiger partial charge on any atom is 0.261 e. The van der Waals surface area contributed by atoms with Gasteiger partial charge in [0.05, 0.1) is 18.1 Å². The summed E-state index contributed by atoms with van der Waals surface area (Å²) in [6.07, 6.45) is 0. The van der Waals surface area contributed by atoms with E-state index in [2.05, 4.69) is 40.8 Å². The number of benzene rings is 2. The van der Waals surface area contributed by atoms with Crippen molar-refractivity contribution < 1.29 is 13.2 Å². The van der Waals surface area contributed by atoms with E-state index in [1.807, 2.05) is 13.0 Å². The average molecular weight is 504 g/mol. The quantitative estimate of drug-likeness (QED) is 0.525. The van der Waals surface area contributed by atoms with Crippen molar-refractivity contribution in [2.24, 2.45) is 0 Å². The molecule has 0 amide bonds. The van der Waals surface area contributed by atoms with Crippen LogP contribution in [-0.4, -0.2) is 44.7 Å². The number of halogens is 1. The normalized spacial score (nSPS) is 14.3. The second kappa shape index (κ2) is 9.21. The Morgan fingerprint density at radius 1 is 1.00 bits per heavy atom. The minimum Gasteiger partial charge on any atom is -0.378 e. The van der Waals surface area contributed by atoms with Crippen LogP contribution in [0.3, 0.4) is 0 Å². The average Bonchev–Trinajstić information content (AvgIpc) is 2.75. The maximum absolute atomic E-state index is 12.6. The molecule has 31 heavy (non-hydrogen) atoms. The number of aromatic nitrogens is 2. The van der Waals surface area contributed by atoms with Gasteiger partial charge in [0.25, 0.3) is 10.0 Å². The summed E-state index contributed by atoms with van der Waals surface area (Å²) in [4.78, 5) is 11.3. The third kappa shape index (κ3) is 5.52. The van der Waals surface area contributed by atoms with E-state index in [0.717, 1.165) is 24.6 Å². The van der Waals surface area contributed by atoms with E-state index in [1.54, 1.807) is 48.5 Å². The highest BCUT2D eigenvalue weighted by Gasteiger charge is 2.16. The number of hydrogen-bond acceptors (Lipinski definition) is 7. The Bertz CT molecular complexity index is 1170. The molecule has 0 atom stereocenters. The van der Waals surface area contributed by atoms with Gasteiger partial charge in [-0.05, 0) is 49.4 Å². The highest BCUT2D eigenvalue weighted by molar-refractivity contribution is 9.10. The number of ether oxygens (including phenoxy) is 1. The molecule has 8 nitrogen and oxygen atoms in total. The highest BCUT2D eigenvalue weighted by Crippen LogP contribution is 2.24. The summed E-state index contributed by atoms with van der Waals surface area (Å²) in [6.45, 7) is 4.81. The van der Waals surface area contributed by atoms with Crippen LogP contribution in [0, 0.1) is 6.92 Å². The minimum atomic E-state index is -3.67. The Labute approximate surface area is 189 Å². The number of morpholine rings is 1. The number of sulfonamides is 1. The first kappa shape index (κ1) is 21.5. The van der Waals surface area contributed by atoms with Gasteiger partial charge in [-0.3, -0.25) is 4.72 Å². The predicted molar refractivity (Wildman–Crippen MR) is 124 cm³/mol. The molecule has 10 heteroatoms. The number of aryl methyl sites for hydroxylation is 1. The molecule has 4 rings (SSSR count). The number of nitrogens with one attached hydrogen (secondary N) is 2. The van der Waals surface area contributed by atoms with Crippen LogP contribution < -0.4 is 14.9 Å². The number of hydrogen-bond donors (Lipinski definition) is 2. The molecule has 3 aromatic rings. The van der Waals surface area contributed by atoms with Crippen LogP contribution in [0.4, 0.5) is 23.0 Å². The van der Waals surface area contributed by atoms with E-state index < -0.39 is 10.0 Å². The molecule has 1 aliphatic rings. The molecule has 0 spiro atoms. The third-order valence-corrected chi connectivity index (χ3v) is 6.55. The monoisotopic (exact) mass is 503 g/mol. The SMILES string of the molecule is Cc1nc(Nc2ccc(NS(=O)(=O)c3cccc(Br)c3)cc2)cc(N2CCOCC2)n1. The Morgan fingerprint density at radius 2 is 1.71 bits per heavy atom. The van der Waals surface area contributed by atoms with Crippen LogP contribution in [0.25, 0.3) is 0 Å². The maximum atomic E-state index is 12.6. The van der Waals surface area contributed by atoms with E-state index in [0.29, 0.717) is 35.0 Å². The zero-order chi connectivity index (χ0) is 21.8. The Kier molecular flexibility index (Phi) is 6.40. The van der Waals surface area contributed by atoms with E-state index >= 15 is 0 Å². The third-order valence-electron chi connectivity index (χ3n) is 4.68. The van der Waals surface area contributed by atoms with Crippen molar-refractivity contribution in [2.75, 3.05) is 41.2 Å². The van der Waals surface area contributed by atoms with Crippen LogP contribution in [0.5, 0.6) is 0 Å². The van der Waals surface area contributed by atoms with Gasteiger partial charge >= 0.3 is 0 Å². The lowest BCUT2D eigenvalue weighted by atomic mass is 10.3. The van der Waals surface area contributed by atoms with Crippen molar-refractivity contribution in [3.05, 3.63) is 64.9 Å². The summed E-state index contributed by atoms with van der Waals surface area (Å²) < 4.78 is 33.9. The van der Waals surface area contributed by atoms with Gasteiger partial charge in [-0.25, -0.2) is 18.4 Å². The second-order valence-corrected chi connectivity index (χ2v) is 9.62. The molecule has 0 aliphatic carbocycles. The van der Waals surface area contributed by atoms with Gasteiger partial charge in [0.15, 0.2) is 0 Å². The fourth-order valence-corrected chi connectivity index (χ4v) is 4.84. The molecular formula is C21H22BrN5O3S. The first-order valence-corrected chi connectivity index (χ1v) is 12.0. The van der Waals surface area contributed by atoms with Crippen LogP contribution in [0.15, 0.2) is 64.0 Å². The number of nitrogens with zero attached hydrogens (tertiary/aromatic N) is 3. The first-order chi connectivity index (χ1) is 14.9. The van der Waals surface area contributed by atoms with E-state index in [1.165, 1.54) is 0 Å². The molecule has 2 N–H and O–H groups in total. The van der Waals surface area contributed by atoms with Gasteiger partial charge in [-0.1, -0.05) is 22.0 Å². The standard InChI is InChI=1S/C21H22BrN5O3S/c1-15-23-20(14-21(24-15)27-9-11-30-12-10-27)25-17-5-7-18(8-6-17)26-31(28,29)19-4-2-3-16(22)13-19/h2-8,13-14,26H,9-12H2,1H3,(H,23,24,25). The van der Waals surface area contributed by atoms with Crippen LogP contribution in [0.2, 0.25) is 0 Å². The summed E-state index contributed by atoms with van der Waals surface area (Å²) in [6, 6.07) is 15.5. The molecule has 0 saturated carbocycles. The van der Waals surface area contributed by atoms with Crippen LogP contribution in [-0.2, 0) is 14.8 Å². The van der Waals surface area contributed by atoms with E-state index in [4.69, 9.17) is 4.74 Å². The molecule has 0 bridgehead atoms. The molecule has 1 saturated heterocycles. The number of anilines is 4. The van der Waals surface area contributed by atoms with E-state index in [9.17, 15) is 8.42 Å². The Morgan fingerprint density at radius 3 is 2.42 bits per heavy atom. The molecule has 1 aromatic heterocycles. The zero-order valence-corrected chi connectivity index (χ0v) is 19.3. The fraction of sp³-hybridized carbons (Fsp3) is 0.238. The smallest absolute Gasteiger partial charge is 0.261 e. The van der Waals surface area contributed by atoms with Crippen molar-refractivity contribution in [1.29, 1.82) is 0 Å². The first-order valence-electron chi connectivity index (χ1n) is 9.73. The van der Waals surface area contributed by atoms with Crippen LogP contribution in [0.1, 0.15) is 5.82 Å². The minimum absolute atomic E-state index is 0.191. The molecular weight excluding hydrogens is 482 g/mol. The lowest BCUT2D eigenvalue weighted by Crippen LogP contribution is -2.36. The predicted octanol–water partition coefficient (Wildman–Crippen LogP) is 3.93. The molecule has 162 valence electrons. The second-order valence-electron chi connectivity index (χ2n) is 7.02. The summed E-state index contributed by atoms with van der Waals surface area (Å²) in [7, 11) is -3.67. The van der Waals surface area contributed by atoms with Gasteiger partial charge in [-0.15, -0.1) is 0 Å². The number of rotatable bonds is 6. The van der Waals surface area contributed by atoms with Gasteiger partial charge in [0.1, 0.15) is 17.5 Å². The largest absolute Gasteiger partial charge is 0.378 e. The van der Waals surface area contributed by atoms with Gasteiger partial charge in [0, 0.05) is 35.0 Å². The van der Waals surface area contributed by atoms with Gasteiger partial charge < -0.3 is 15.0 Å². The van der Waals surface area contributed by atoms with Crippen molar-refractivity contribution in [3.63, 3.8) is 0 Å². The fourth-order valence-electron chi connectivity index (χ4n) is 3.19. The molecule has 2 heterocycles. The Balaban J connectivity index is 1.47. The summed E-state index contributed by atoms with van der Waals surface area (Å²) >= 11 is 3.30. The molecule has 1 aliphatic heterocycles. The molecule has 2 aromatic carbocycles. The Hall–Kier alpha value is -2.69. The molecule has 0 unspecified atom stereocenters. The lowest BCUT2D eigenvalue weighted by molar-refractivity contribution is 0.122. The summed E-state index contributed by atoms with van der Waals surface area (Å²) in [5.41, 5.74) is 1.26. The molecule has 0 radical (unpaired) electrons.